The standard InChI is InChI=1S/C16H17IO2/c1-11-3-8-16(19-2)14(9-11)15(18)10-12-4-6-13(17)7-5-12/h3-9,15,18H,10H2,1-2H3. The number of aliphatic hydroxyl groups excluding tert-OH is 1. The van der Waals surface area contributed by atoms with Crippen molar-refractivity contribution in [2.45, 2.75) is 19.4 Å². The Morgan fingerprint density at radius 2 is 1.84 bits per heavy atom. The minimum absolute atomic E-state index is 0.546. The topological polar surface area (TPSA) is 29.5 Å². The van der Waals surface area contributed by atoms with E-state index >= 15 is 0 Å². The van der Waals surface area contributed by atoms with Crippen molar-refractivity contribution < 1.29 is 9.84 Å². The van der Waals surface area contributed by atoms with Gasteiger partial charge in [-0.1, -0.05) is 23.8 Å². The average Bonchev–Trinajstić information content (AvgIpc) is 2.41. The van der Waals surface area contributed by atoms with Crippen LogP contribution in [0.15, 0.2) is 42.5 Å². The Labute approximate surface area is 127 Å². The van der Waals surface area contributed by atoms with Crippen molar-refractivity contribution in [2.75, 3.05) is 7.11 Å². The van der Waals surface area contributed by atoms with Crippen LogP contribution in [0.2, 0.25) is 0 Å². The number of rotatable bonds is 4. The predicted molar refractivity (Wildman–Crippen MR) is 85.6 cm³/mol. The van der Waals surface area contributed by atoms with Crippen LogP contribution in [-0.2, 0) is 6.42 Å². The van der Waals surface area contributed by atoms with Gasteiger partial charge in [0, 0.05) is 15.6 Å². The number of benzene rings is 2. The SMILES string of the molecule is COc1ccc(C)cc1C(O)Cc1ccc(I)cc1. The van der Waals surface area contributed by atoms with Crippen molar-refractivity contribution >= 4 is 22.6 Å². The molecule has 0 spiro atoms. The predicted octanol–water partition coefficient (Wildman–Crippen LogP) is 3.88. The number of ether oxygens (including phenoxy) is 1. The monoisotopic (exact) mass is 368 g/mol. The number of methoxy groups -OCH3 is 1. The van der Waals surface area contributed by atoms with Crippen LogP contribution >= 0.6 is 22.6 Å². The number of halogens is 1. The van der Waals surface area contributed by atoms with E-state index in [1.165, 1.54) is 3.57 Å². The largest absolute Gasteiger partial charge is 0.496 e. The van der Waals surface area contributed by atoms with Gasteiger partial charge in [-0.3, -0.25) is 0 Å². The quantitative estimate of drug-likeness (QED) is 0.830. The Morgan fingerprint density at radius 1 is 1.16 bits per heavy atom. The summed E-state index contributed by atoms with van der Waals surface area (Å²) >= 11 is 2.27. The minimum atomic E-state index is -0.546. The number of hydrogen-bond donors (Lipinski definition) is 1. The summed E-state index contributed by atoms with van der Waals surface area (Å²) in [5.41, 5.74) is 3.09. The summed E-state index contributed by atoms with van der Waals surface area (Å²) < 4.78 is 6.52. The molecule has 0 aliphatic heterocycles. The summed E-state index contributed by atoms with van der Waals surface area (Å²) in [4.78, 5) is 0. The highest BCUT2D eigenvalue weighted by atomic mass is 127. The van der Waals surface area contributed by atoms with Crippen LogP contribution in [-0.4, -0.2) is 12.2 Å². The molecule has 0 amide bonds. The van der Waals surface area contributed by atoms with E-state index in [9.17, 15) is 5.11 Å². The van der Waals surface area contributed by atoms with Gasteiger partial charge in [0.25, 0.3) is 0 Å². The van der Waals surface area contributed by atoms with Gasteiger partial charge >= 0.3 is 0 Å². The molecule has 0 aromatic heterocycles. The molecule has 0 aliphatic rings. The van der Waals surface area contributed by atoms with Crippen LogP contribution in [0.3, 0.4) is 0 Å². The molecule has 0 radical (unpaired) electrons. The van der Waals surface area contributed by atoms with Crippen molar-refractivity contribution in [1.82, 2.24) is 0 Å². The molecule has 1 atom stereocenters. The summed E-state index contributed by atoms with van der Waals surface area (Å²) in [6.45, 7) is 2.01. The van der Waals surface area contributed by atoms with Gasteiger partial charge in [0.15, 0.2) is 0 Å². The van der Waals surface area contributed by atoms with Crippen LogP contribution in [0.25, 0.3) is 0 Å². The van der Waals surface area contributed by atoms with Gasteiger partial charge in [-0.2, -0.15) is 0 Å². The number of hydrogen-bond acceptors (Lipinski definition) is 2. The Hall–Kier alpha value is -1.07. The van der Waals surface area contributed by atoms with Crippen molar-refractivity contribution in [3.63, 3.8) is 0 Å². The molecule has 2 nitrogen and oxygen atoms in total. The molecule has 1 unspecified atom stereocenters. The van der Waals surface area contributed by atoms with Crippen LogP contribution in [0.4, 0.5) is 0 Å². The fourth-order valence-electron chi connectivity index (χ4n) is 2.07. The second kappa shape index (κ2) is 6.39. The van der Waals surface area contributed by atoms with Crippen LogP contribution in [0, 0.1) is 10.5 Å². The normalized spacial score (nSPS) is 12.2. The van der Waals surface area contributed by atoms with Gasteiger partial charge < -0.3 is 9.84 Å². The first kappa shape index (κ1) is 14.3. The van der Waals surface area contributed by atoms with E-state index in [4.69, 9.17) is 4.74 Å². The molecule has 0 bridgehead atoms. The van der Waals surface area contributed by atoms with Crippen LogP contribution in [0.5, 0.6) is 5.75 Å². The summed E-state index contributed by atoms with van der Waals surface area (Å²) in [7, 11) is 1.63. The summed E-state index contributed by atoms with van der Waals surface area (Å²) in [6, 6.07) is 14.1. The highest BCUT2D eigenvalue weighted by molar-refractivity contribution is 14.1. The Morgan fingerprint density at radius 3 is 2.47 bits per heavy atom. The molecule has 0 aliphatic carbocycles. The molecule has 19 heavy (non-hydrogen) atoms. The lowest BCUT2D eigenvalue weighted by Crippen LogP contribution is -2.04. The van der Waals surface area contributed by atoms with Gasteiger partial charge in [-0.15, -0.1) is 0 Å². The molecule has 0 saturated heterocycles. The minimum Gasteiger partial charge on any atom is -0.496 e. The molecule has 0 saturated carbocycles. The van der Waals surface area contributed by atoms with Crippen molar-refractivity contribution in [1.29, 1.82) is 0 Å². The summed E-state index contributed by atoms with van der Waals surface area (Å²) in [5, 5.41) is 10.4. The third-order valence-corrected chi connectivity index (χ3v) is 3.81. The molecule has 1 N–H and O–H groups in total. The van der Waals surface area contributed by atoms with E-state index in [0.717, 1.165) is 22.4 Å². The van der Waals surface area contributed by atoms with E-state index in [1.807, 2.05) is 37.3 Å². The lowest BCUT2D eigenvalue weighted by molar-refractivity contribution is 0.174. The molecule has 2 aromatic rings. The summed E-state index contributed by atoms with van der Waals surface area (Å²) in [6.07, 6.45) is 0.0476. The number of aryl methyl sites for hydroxylation is 1. The third-order valence-electron chi connectivity index (χ3n) is 3.09. The maximum Gasteiger partial charge on any atom is 0.124 e. The highest BCUT2D eigenvalue weighted by Gasteiger charge is 2.14. The fraction of sp³-hybridized carbons (Fsp3) is 0.250. The van der Waals surface area contributed by atoms with Gasteiger partial charge in [0.1, 0.15) is 5.75 Å². The molecular formula is C16H17IO2. The molecule has 3 heteroatoms. The first-order valence-electron chi connectivity index (χ1n) is 6.17. The third kappa shape index (κ3) is 3.70. The molecule has 2 aromatic carbocycles. The van der Waals surface area contributed by atoms with Crippen LogP contribution < -0.4 is 4.74 Å². The van der Waals surface area contributed by atoms with Crippen molar-refractivity contribution in [2.24, 2.45) is 0 Å². The van der Waals surface area contributed by atoms with Crippen molar-refractivity contribution in [3.8, 4) is 5.75 Å². The van der Waals surface area contributed by atoms with Crippen molar-refractivity contribution in [3.05, 3.63) is 62.7 Å². The van der Waals surface area contributed by atoms with E-state index in [-0.39, 0.29) is 0 Å². The summed E-state index contributed by atoms with van der Waals surface area (Å²) in [5.74, 6) is 0.739. The zero-order valence-electron chi connectivity index (χ0n) is 11.1. The maximum atomic E-state index is 10.4. The lowest BCUT2D eigenvalue weighted by Gasteiger charge is -2.15. The fourth-order valence-corrected chi connectivity index (χ4v) is 2.43. The zero-order chi connectivity index (χ0) is 13.8. The molecule has 100 valence electrons. The molecule has 2 rings (SSSR count). The van der Waals surface area contributed by atoms with E-state index < -0.39 is 6.10 Å². The molecule has 0 fully saturated rings. The second-order valence-corrected chi connectivity index (χ2v) is 5.84. The van der Waals surface area contributed by atoms with Crippen LogP contribution in [0.1, 0.15) is 22.8 Å². The van der Waals surface area contributed by atoms with Gasteiger partial charge in [0.05, 0.1) is 13.2 Å². The molecular weight excluding hydrogens is 351 g/mol. The average molecular weight is 368 g/mol. The smallest absolute Gasteiger partial charge is 0.124 e. The highest BCUT2D eigenvalue weighted by Crippen LogP contribution is 2.28. The lowest BCUT2D eigenvalue weighted by atomic mass is 9.99. The molecule has 0 heterocycles. The van der Waals surface area contributed by atoms with E-state index in [0.29, 0.717) is 6.42 Å². The van der Waals surface area contributed by atoms with E-state index in [1.54, 1.807) is 7.11 Å². The second-order valence-electron chi connectivity index (χ2n) is 4.59. The van der Waals surface area contributed by atoms with E-state index in [2.05, 4.69) is 34.7 Å². The maximum absolute atomic E-state index is 10.4. The first-order valence-corrected chi connectivity index (χ1v) is 7.25. The first-order chi connectivity index (χ1) is 9.10. The Bertz CT molecular complexity index is 549. The Balaban J connectivity index is 2.21. The van der Waals surface area contributed by atoms with Gasteiger partial charge in [-0.05, 0) is 59.3 Å². The number of aliphatic hydroxyl groups is 1. The zero-order valence-corrected chi connectivity index (χ0v) is 13.2. The Kier molecular flexibility index (Phi) is 4.82. The van der Waals surface area contributed by atoms with Gasteiger partial charge in [-0.25, -0.2) is 0 Å². The van der Waals surface area contributed by atoms with Gasteiger partial charge in [0.2, 0.25) is 0 Å².